The van der Waals surface area contributed by atoms with E-state index in [9.17, 15) is 0 Å². The normalized spacial score (nSPS) is 14.4. The molecule has 0 unspecified atom stereocenters. The fraction of sp³-hybridized carbons (Fsp3) is 0.423. The van der Waals surface area contributed by atoms with E-state index in [4.69, 9.17) is 31.8 Å². The lowest BCUT2D eigenvalue weighted by Crippen LogP contribution is -2.35. The average Bonchev–Trinajstić information content (AvgIpc) is 2.85. The van der Waals surface area contributed by atoms with Crippen molar-refractivity contribution in [3.8, 4) is 11.5 Å². The Morgan fingerprint density at radius 1 is 0.879 bits per heavy atom. The number of hydrogen-bond donors (Lipinski definition) is 4. The molecule has 3 rings (SSSR count). The fourth-order valence-electron chi connectivity index (χ4n) is 4.07. The van der Waals surface area contributed by atoms with Gasteiger partial charge in [0.25, 0.3) is 0 Å². The Balaban J connectivity index is 1.23. The van der Waals surface area contributed by atoms with Gasteiger partial charge in [-0.05, 0) is 99.6 Å². The zero-order chi connectivity index (χ0) is 23.5. The lowest BCUT2D eigenvalue weighted by molar-refractivity contribution is 0.161. The Kier molecular flexibility index (Phi) is 9.36. The first-order valence-corrected chi connectivity index (χ1v) is 11.6. The number of ether oxygens (including phenoxy) is 2. The Morgan fingerprint density at radius 3 is 1.97 bits per heavy atom. The van der Waals surface area contributed by atoms with E-state index >= 15 is 0 Å². The largest absolute Gasteiger partial charge is 0.494 e. The highest BCUT2D eigenvalue weighted by molar-refractivity contribution is 5.94. The summed E-state index contributed by atoms with van der Waals surface area (Å²) in [6.45, 7) is 4.79. The van der Waals surface area contributed by atoms with Gasteiger partial charge in [0.2, 0.25) is 0 Å². The summed E-state index contributed by atoms with van der Waals surface area (Å²) in [4.78, 5) is 2.53. The van der Waals surface area contributed by atoms with E-state index in [1.165, 1.54) is 19.3 Å². The van der Waals surface area contributed by atoms with Gasteiger partial charge in [0.1, 0.15) is 23.0 Å². The van der Waals surface area contributed by atoms with E-state index in [0.29, 0.717) is 12.3 Å². The monoisotopic (exact) mass is 449 g/mol. The van der Waals surface area contributed by atoms with Crippen molar-refractivity contribution in [3.05, 3.63) is 59.7 Å². The van der Waals surface area contributed by atoms with Crippen LogP contribution >= 0.6 is 0 Å². The Hall–Kier alpha value is -3.28. The molecule has 33 heavy (non-hydrogen) atoms. The van der Waals surface area contributed by atoms with Crippen molar-refractivity contribution in [2.45, 2.75) is 32.1 Å². The first-order valence-electron chi connectivity index (χ1n) is 11.6. The van der Waals surface area contributed by atoms with Crippen LogP contribution in [0.25, 0.3) is 5.70 Å². The predicted molar refractivity (Wildman–Crippen MR) is 133 cm³/mol. The third-order valence-electron chi connectivity index (χ3n) is 6.09. The molecule has 1 aliphatic rings. The van der Waals surface area contributed by atoms with E-state index in [2.05, 4.69) is 10.8 Å². The van der Waals surface area contributed by atoms with Crippen molar-refractivity contribution in [1.82, 2.24) is 4.90 Å². The minimum atomic E-state index is 0.0784. The van der Waals surface area contributed by atoms with Crippen molar-refractivity contribution < 1.29 is 9.47 Å². The summed E-state index contributed by atoms with van der Waals surface area (Å²) in [5.74, 6) is 4.72. The summed E-state index contributed by atoms with van der Waals surface area (Å²) < 4.78 is 11.7. The van der Waals surface area contributed by atoms with Gasteiger partial charge in [-0.15, -0.1) is 0 Å². The summed E-state index contributed by atoms with van der Waals surface area (Å²) in [6, 6.07) is 14.9. The first kappa shape index (κ1) is 24.4. The second kappa shape index (κ2) is 12.7. The van der Waals surface area contributed by atoms with Crippen LogP contribution in [0.3, 0.4) is 0 Å². The van der Waals surface area contributed by atoms with Gasteiger partial charge in [-0.25, -0.2) is 0 Å². The Morgan fingerprint density at radius 2 is 1.42 bits per heavy atom. The van der Waals surface area contributed by atoms with Crippen LogP contribution in [0.4, 0.5) is 0 Å². The van der Waals surface area contributed by atoms with E-state index in [0.717, 1.165) is 67.6 Å². The molecule has 0 aliphatic carbocycles. The molecule has 0 bridgehead atoms. The average molecular weight is 450 g/mol. The maximum Gasteiger partial charge on any atom is 0.122 e. The van der Waals surface area contributed by atoms with Crippen LogP contribution in [0.2, 0.25) is 0 Å². The number of nitrogens with two attached hydrogens (primary N) is 2. The number of rotatable bonds is 12. The van der Waals surface area contributed by atoms with Crippen molar-refractivity contribution in [2.75, 3.05) is 32.8 Å². The zero-order valence-electron chi connectivity index (χ0n) is 19.2. The molecule has 176 valence electrons. The topological polar surface area (TPSA) is 121 Å². The molecule has 1 aliphatic heterocycles. The molecule has 1 fully saturated rings. The van der Waals surface area contributed by atoms with Crippen LogP contribution in [0.1, 0.15) is 43.2 Å². The van der Waals surface area contributed by atoms with Gasteiger partial charge in [0.05, 0.1) is 13.2 Å². The summed E-state index contributed by atoms with van der Waals surface area (Å²) in [6.07, 6.45) is 5.77. The van der Waals surface area contributed by atoms with Gasteiger partial charge in [-0.2, -0.15) is 0 Å². The smallest absolute Gasteiger partial charge is 0.122 e. The van der Waals surface area contributed by atoms with Crippen LogP contribution in [-0.2, 0) is 0 Å². The third kappa shape index (κ3) is 7.97. The molecule has 1 heterocycles. The maximum atomic E-state index is 7.42. The molecule has 2 aromatic carbocycles. The number of amidine groups is 1. The summed E-state index contributed by atoms with van der Waals surface area (Å²) in [5.41, 5.74) is 13.0. The number of nitrogen functional groups attached to an aromatic ring is 1. The van der Waals surface area contributed by atoms with Crippen molar-refractivity contribution in [2.24, 2.45) is 17.4 Å². The molecular weight excluding hydrogens is 414 g/mol. The molecule has 0 saturated carbocycles. The highest BCUT2D eigenvalue weighted by atomic mass is 16.5. The molecule has 0 radical (unpaired) electrons. The van der Waals surface area contributed by atoms with Gasteiger partial charge < -0.3 is 25.8 Å². The Labute approximate surface area is 196 Å². The van der Waals surface area contributed by atoms with Crippen LogP contribution in [0.15, 0.2) is 48.5 Å². The van der Waals surface area contributed by atoms with Gasteiger partial charge in [-0.3, -0.25) is 10.8 Å². The van der Waals surface area contributed by atoms with E-state index in [1.807, 2.05) is 48.5 Å². The quantitative estimate of drug-likeness (QED) is 0.223. The molecule has 1 saturated heterocycles. The third-order valence-corrected chi connectivity index (χ3v) is 6.09. The van der Waals surface area contributed by atoms with Crippen LogP contribution in [-0.4, -0.2) is 49.5 Å². The van der Waals surface area contributed by atoms with E-state index in [-0.39, 0.29) is 5.84 Å². The molecule has 0 spiro atoms. The van der Waals surface area contributed by atoms with Gasteiger partial charge in [0.15, 0.2) is 0 Å². The molecule has 7 nitrogen and oxygen atoms in total. The lowest BCUT2D eigenvalue weighted by Gasteiger charge is -2.32. The fourth-order valence-corrected chi connectivity index (χ4v) is 4.07. The maximum absolute atomic E-state index is 7.42. The number of piperidine rings is 1. The Bertz CT molecular complexity index is 928. The molecule has 6 N–H and O–H groups in total. The molecule has 0 aromatic heterocycles. The minimum Gasteiger partial charge on any atom is -0.494 e. The first-order chi connectivity index (χ1) is 16.0. The number of hydrogen-bond acceptors (Lipinski definition) is 6. The standard InChI is InChI=1S/C26H35N5O2/c27-19-25(28)21-4-8-23(9-5-21)33-18-2-14-31-15-12-20(13-16-31)3-1-17-32-24-10-6-22(7-11-24)26(29)30/h4-11,20,27H,1-3,12-18,28H2,(H3,29,30). The highest BCUT2D eigenvalue weighted by Gasteiger charge is 2.18. The number of benzene rings is 2. The highest BCUT2D eigenvalue weighted by Crippen LogP contribution is 2.22. The van der Waals surface area contributed by atoms with Crippen molar-refractivity contribution >= 4 is 17.4 Å². The van der Waals surface area contributed by atoms with E-state index in [1.54, 1.807) is 0 Å². The van der Waals surface area contributed by atoms with Crippen LogP contribution in [0, 0.1) is 16.7 Å². The van der Waals surface area contributed by atoms with Crippen LogP contribution < -0.4 is 20.9 Å². The van der Waals surface area contributed by atoms with Crippen molar-refractivity contribution in [3.63, 3.8) is 0 Å². The SMILES string of the molecule is N=C=C(N)c1ccc(OCCCN2CCC(CCCOc3ccc(C(=N)N)cc3)CC2)cc1. The van der Waals surface area contributed by atoms with E-state index < -0.39 is 0 Å². The number of nitrogens with one attached hydrogen (secondary N) is 2. The zero-order valence-corrected chi connectivity index (χ0v) is 19.2. The summed E-state index contributed by atoms with van der Waals surface area (Å²) in [7, 11) is 0. The lowest BCUT2D eigenvalue weighted by atomic mass is 9.92. The van der Waals surface area contributed by atoms with Crippen molar-refractivity contribution in [1.29, 1.82) is 10.8 Å². The molecule has 7 heteroatoms. The van der Waals surface area contributed by atoms with Crippen LogP contribution in [0.5, 0.6) is 11.5 Å². The molecule has 0 atom stereocenters. The second-order valence-corrected chi connectivity index (χ2v) is 8.48. The second-order valence-electron chi connectivity index (χ2n) is 8.48. The molecule has 2 aromatic rings. The minimum absolute atomic E-state index is 0.0784. The van der Waals surface area contributed by atoms with Gasteiger partial charge in [0, 0.05) is 23.5 Å². The predicted octanol–water partition coefficient (Wildman–Crippen LogP) is 3.86. The summed E-state index contributed by atoms with van der Waals surface area (Å²) in [5, 5.41) is 14.5. The van der Waals surface area contributed by atoms with Gasteiger partial charge in [-0.1, -0.05) is 0 Å². The summed E-state index contributed by atoms with van der Waals surface area (Å²) >= 11 is 0. The molecular formula is C26H35N5O2. The molecule has 0 amide bonds. The van der Waals surface area contributed by atoms with Gasteiger partial charge >= 0.3 is 0 Å². The number of likely N-dealkylation sites (tertiary alicyclic amines) is 1. The number of nitrogens with zero attached hydrogens (tertiary/aromatic N) is 1.